The maximum atomic E-state index is 12.3. The molecule has 0 aliphatic carbocycles. The van der Waals surface area contributed by atoms with Gasteiger partial charge in [-0.25, -0.2) is 9.59 Å². The second kappa shape index (κ2) is 10.7. The third-order valence-electron chi connectivity index (χ3n) is 3.34. The molecule has 0 fully saturated rings. The number of carbonyl (C=O) groups excluding carboxylic acids is 3. The Labute approximate surface area is 156 Å². The zero-order valence-electron chi connectivity index (χ0n) is 15.1. The summed E-state index contributed by atoms with van der Waals surface area (Å²) in [6.07, 6.45) is -0.157. The highest BCUT2D eigenvalue weighted by molar-refractivity contribution is 5.89. The molecule has 0 bridgehead atoms. The molecular weight excluding hydrogens is 358 g/mol. The average Bonchev–Trinajstić information content (AvgIpc) is 2.61. The van der Waals surface area contributed by atoms with Gasteiger partial charge in [0.05, 0.1) is 18.1 Å². The lowest BCUT2D eigenvalue weighted by atomic mass is 10.1. The summed E-state index contributed by atoms with van der Waals surface area (Å²) in [5.41, 5.74) is 0.433. The summed E-state index contributed by atoms with van der Waals surface area (Å²) in [7, 11) is 0. The molecule has 1 unspecified atom stereocenters. The van der Waals surface area contributed by atoms with Crippen LogP contribution in [0.1, 0.15) is 30.6 Å². The molecule has 0 heterocycles. The van der Waals surface area contributed by atoms with Crippen molar-refractivity contribution in [1.82, 2.24) is 0 Å². The minimum atomic E-state index is -1.01. The highest BCUT2D eigenvalue weighted by Gasteiger charge is 2.25. The Morgan fingerprint density at radius 1 is 1.19 bits per heavy atom. The van der Waals surface area contributed by atoms with Crippen molar-refractivity contribution < 1.29 is 33.5 Å². The normalized spacial score (nSPS) is 11.2. The number of hydrogen-bond donors (Lipinski definition) is 0. The monoisotopic (exact) mass is 379 g/mol. The summed E-state index contributed by atoms with van der Waals surface area (Å²) in [6.45, 7) is 5.93. The van der Waals surface area contributed by atoms with E-state index < -0.39 is 35.3 Å². The number of nitro groups is 1. The van der Waals surface area contributed by atoms with E-state index in [4.69, 9.17) is 14.2 Å². The Morgan fingerprint density at radius 2 is 1.81 bits per heavy atom. The average molecular weight is 379 g/mol. The first kappa shape index (κ1) is 21.8. The van der Waals surface area contributed by atoms with Gasteiger partial charge in [0.2, 0.25) is 6.54 Å². The minimum absolute atomic E-state index is 0.144. The smallest absolute Gasteiger partial charge is 0.338 e. The molecule has 1 atom stereocenters. The number of benzene rings is 1. The van der Waals surface area contributed by atoms with E-state index in [2.05, 4.69) is 6.58 Å². The molecule has 0 aliphatic heterocycles. The van der Waals surface area contributed by atoms with Crippen molar-refractivity contribution in [2.45, 2.75) is 20.3 Å². The molecule has 0 amide bonds. The molecule has 146 valence electrons. The third kappa shape index (κ3) is 7.68. The van der Waals surface area contributed by atoms with Crippen LogP contribution < -0.4 is 4.74 Å². The van der Waals surface area contributed by atoms with Crippen molar-refractivity contribution in [3.63, 3.8) is 0 Å². The molecular formula is C18H21NO8. The Bertz CT molecular complexity index is 711. The number of rotatable bonds is 10. The van der Waals surface area contributed by atoms with Gasteiger partial charge in [0.1, 0.15) is 12.4 Å². The third-order valence-corrected chi connectivity index (χ3v) is 3.34. The fraction of sp³-hybridized carbons (Fsp3) is 0.389. The molecule has 9 heteroatoms. The molecule has 0 aliphatic rings. The summed E-state index contributed by atoms with van der Waals surface area (Å²) in [6, 6.07) is 5.64. The topological polar surface area (TPSA) is 122 Å². The van der Waals surface area contributed by atoms with Crippen LogP contribution in [-0.4, -0.2) is 42.6 Å². The van der Waals surface area contributed by atoms with Crippen molar-refractivity contribution in [2.24, 2.45) is 5.92 Å². The highest BCUT2D eigenvalue weighted by Crippen LogP contribution is 2.16. The van der Waals surface area contributed by atoms with E-state index in [0.29, 0.717) is 0 Å². The summed E-state index contributed by atoms with van der Waals surface area (Å²) in [4.78, 5) is 45.3. The van der Waals surface area contributed by atoms with Crippen molar-refractivity contribution in [2.75, 3.05) is 19.8 Å². The van der Waals surface area contributed by atoms with E-state index >= 15 is 0 Å². The van der Waals surface area contributed by atoms with E-state index in [0.717, 1.165) is 0 Å². The second-order valence-electron chi connectivity index (χ2n) is 5.59. The maximum Gasteiger partial charge on any atom is 0.338 e. The van der Waals surface area contributed by atoms with E-state index in [1.54, 1.807) is 6.92 Å². The van der Waals surface area contributed by atoms with Crippen LogP contribution in [0.4, 0.5) is 0 Å². The molecule has 27 heavy (non-hydrogen) atoms. The van der Waals surface area contributed by atoms with Gasteiger partial charge < -0.3 is 14.2 Å². The van der Waals surface area contributed by atoms with Gasteiger partial charge in [-0.1, -0.05) is 6.58 Å². The molecule has 0 saturated heterocycles. The highest BCUT2D eigenvalue weighted by atomic mass is 16.6. The van der Waals surface area contributed by atoms with Crippen molar-refractivity contribution in [1.29, 1.82) is 0 Å². The maximum absolute atomic E-state index is 12.3. The van der Waals surface area contributed by atoms with Crippen LogP contribution in [0, 0.1) is 16.0 Å². The van der Waals surface area contributed by atoms with Crippen LogP contribution in [-0.2, 0) is 19.1 Å². The summed E-state index contributed by atoms with van der Waals surface area (Å²) in [5, 5.41) is 10.6. The van der Waals surface area contributed by atoms with E-state index in [-0.39, 0.29) is 36.5 Å². The number of hydrogen-bond acceptors (Lipinski definition) is 8. The predicted molar refractivity (Wildman–Crippen MR) is 93.8 cm³/mol. The van der Waals surface area contributed by atoms with Crippen LogP contribution in [0.5, 0.6) is 5.75 Å². The van der Waals surface area contributed by atoms with Crippen LogP contribution in [0.15, 0.2) is 36.4 Å². The number of ether oxygens (including phenoxy) is 3. The standard InChI is InChI=1S/C18H21NO8/c1-4-25-17(21)13-5-7-15(8-6-13)27-18(22)14(9-10-19(23)24)11-26-16(20)12(2)3/h5-8,14H,2,4,9-11H2,1,3H3. The first-order valence-corrected chi connectivity index (χ1v) is 8.17. The first-order chi connectivity index (χ1) is 12.7. The van der Waals surface area contributed by atoms with E-state index in [1.807, 2.05) is 0 Å². The van der Waals surface area contributed by atoms with Gasteiger partial charge in [-0.15, -0.1) is 0 Å². The number of esters is 3. The van der Waals surface area contributed by atoms with Crippen LogP contribution >= 0.6 is 0 Å². The Morgan fingerprint density at radius 3 is 2.33 bits per heavy atom. The molecule has 0 saturated carbocycles. The van der Waals surface area contributed by atoms with Crippen molar-refractivity contribution in [3.05, 3.63) is 52.1 Å². The lowest BCUT2D eigenvalue weighted by Gasteiger charge is -2.14. The minimum Gasteiger partial charge on any atom is -0.462 e. The van der Waals surface area contributed by atoms with Crippen molar-refractivity contribution in [3.8, 4) is 5.75 Å². The van der Waals surface area contributed by atoms with Gasteiger partial charge in [-0.2, -0.15) is 0 Å². The molecule has 1 rings (SSSR count). The molecule has 0 radical (unpaired) electrons. The Hall–Kier alpha value is -3.23. The zero-order chi connectivity index (χ0) is 20.4. The van der Waals surface area contributed by atoms with Crippen LogP contribution in [0.2, 0.25) is 0 Å². The summed E-state index contributed by atoms with van der Waals surface area (Å²) >= 11 is 0. The molecule has 0 spiro atoms. The van der Waals surface area contributed by atoms with E-state index in [1.165, 1.54) is 31.2 Å². The van der Waals surface area contributed by atoms with Gasteiger partial charge in [-0.3, -0.25) is 14.9 Å². The lowest BCUT2D eigenvalue weighted by molar-refractivity contribution is -0.481. The molecule has 9 nitrogen and oxygen atoms in total. The van der Waals surface area contributed by atoms with Crippen LogP contribution in [0.25, 0.3) is 0 Å². The number of carbonyl (C=O) groups is 3. The Balaban J connectivity index is 2.76. The number of nitrogens with zero attached hydrogens (tertiary/aromatic N) is 1. The molecule has 0 N–H and O–H groups in total. The van der Waals surface area contributed by atoms with Gasteiger partial charge in [0, 0.05) is 16.9 Å². The van der Waals surface area contributed by atoms with E-state index in [9.17, 15) is 24.5 Å². The zero-order valence-corrected chi connectivity index (χ0v) is 15.1. The van der Waals surface area contributed by atoms with Gasteiger partial charge in [0.25, 0.3) is 0 Å². The van der Waals surface area contributed by atoms with Crippen molar-refractivity contribution >= 4 is 17.9 Å². The van der Waals surface area contributed by atoms with Gasteiger partial charge in [-0.05, 0) is 38.1 Å². The molecule has 1 aromatic rings. The second-order valence-corrected chi connectivity index (χ2v) is 5.59. The quantitative estimate of drug-likeness (QED) is 0.199. The van der Waals surface area contributed by atoms with Gasteiger partial charge in [0.15, 0.2) is 0 Å². The summed E-state index contributed by atoms with van der Waals surface area (Å²) < 4.78 is 14.9. The molecule has 1 aromatic carbocycles. The predicted octanol–water partition coefficient (Wildman–Crippen LogP) is 2.17. The Kier molecular flexibility index (Phi) is 8.64. The molecule has 0 aromatic heterocycles. The largest absolute Gasteiger partial charge is 0.462 e. The summed E-state index contributed by atoms with van der Waals surface area (Å²) in [5.74, 6) is -2.86. The fourth-order valence-electron chi connectivity index (χ4n) is 1.90. The first-order valence-electron chi connectivity index (χ1n) is 8.17. The lowest BCUT2D eigenvalue weighted by Crippen LogP contribution is -2.28. The van der Waals surface area contributed by atoms with Crippen LogP contribution in [0.3, 0.4) is 0 Å². The van der Waals surface area contributed by atoms with Gasteiger partial charge >= 0.3 is 17.9 Å². The fourth-order valence-corrected chi connectivity index (χ4v) is 1.90. The SMILES string of the molecule is C=C(C)C(=O)OCC(CC[N+](=O)[O-])C(=O)Oc1ccc(C(=O)OCC)cc1.